The third kappa shape index (κ3) is 2.46. The van der Waals surface area contributed by atoms with E-state index in [4.69, 9.17) is 0 Å². The number of aromatic nitrogens is 2. The van der Waals surface area contributed by atoms with Gasteiger partial charge < -0.3 is 5.11 Å². The van der Waals surface area contributed by atoms with Gasteiger partial charge in [0.15, 0.2) is 5.69 Å². The van der Waals surface area contributed by atoms with Gasteiger partial charge in [-0.15, -0.1) is 0 Å². The van der Waals surface area contributed by atoms with E-state index < -0.39 is 5.97 Å². The summed E-state index contributed by atoms with van der Waals surface area (Å²) in [5.41, 5.74) is 3.91. The first-order chi connectivity index (χ1) is 9.21. The molecule has 0 amide bonds. The molecule has 1 heterocycles. The number of hydrogen-bond acceptors (Lipinski definition) is 2. The Balaban J connectivity index is 2.76. The molecule has 0 fully saturated rings. The number of aryl methyl sites for hydroxylation is 2. The normalized spacial score (nSPS) is 11.7. The fourth-order valence-electron chi connectivity index (χ4n) is 2.33. The molecule has 1 N–H and O–H groups in total. The predicted molar refractivity (Wildman–Crippen MR) is 78.7 cm³/mol. The standard InChI is InChI=1S/C16H20N2O2/c1-10-7-6-8-11(2)14(10)18-13(16(3,4)5)9-12(17-18)15(19)20/h6-9H,1-5H3,(H,19,20). The van der Waals surface area contributed by atoms with Crippen LogP contribution in [-0.2, 0) is 5.41 Å². The average Bonchev–Trinajstić information content (AvgIpc) is 2.73. The SMILES string of the molecule is Cc1cccc(C)c1-n1nc(C(=O)O)cc1C(C)(C)C. The molecule has 0 saturated heterocycles. The molecular weight excluding hydrogens is 252 g/mol. The molecule has 1 aromatic carbocycles. The number of aromatic carboxylic acids is 1. The summed E-state index contributed by atoms with van der Waals surface area (Å²) in [7, 11) is 0. The van der Waals surface area contributed by atoms with E-state index in [2.05, 4.69) is 25.9 Å². The van der Waals surface area contributed by atoms with Crippen molar-refractivity contribution in [2.45, 2.75) is 40.0 Å². The van der Waals surface area contributed by atoms with Crippen molar-refractivity contribution in [3.8, 4) is 5.69 Å². The van der Waals surface area contributed by atoms with E-state index in [1.165, 1.54) is 0 Å². The molecule has 0 aliphatic carbocycles. The molecule has 4 heteroatoms. The summed E-state index contributed by atoms with van der Waals surface area (Å²) in [6.07, 6.45) is 0. The highest BCUT2D eigenvalue weighted by atomic mass is 16.4. The van der Waals surface area contributed by atoms with Crippen LogP contribution in [0.5, 0.6) is 0 Å². The van der Waals surface area contributed by atoms with Gasteiger partial charge in [0.25, 0.3) is 0 Å². The number of benzene rings is 1. The lowest BCUT2D eigenvalue weighted by Crippen LogP contribution is -2.18. The number of hydrogen-bond donors (Lipinski definition) is 1. The van der Waals surface area contributed by atoms with Gasteiger partial charge in [0.05, 0.1) is 11.4 Å². The summed E-state index contributed by atoms with van der Waals surface area (Å²) in [6, 6.07) is 7.68. The zero-order valence-electron chi connectivity index (χ0n) is 12.6. The zero-order valence-corrected chi connectivity index (χ0v) is 12.6. The van der Waals surface area contributed by atoms with E-state index >= 15 is 0 Å². The van der Waals surface area contributed by atoms with Gasteiger partial charge in [0.1, 0.15) is 0 Å². The zero-order chi connectivity index (χ0) is 15.1. The number of nitrogens with zero attached hydrogens (tertiary/aromatic N) is 2. The molecule has 0 spiro atoms. The third-order valence-corrected chi connectivity index (χ3v) is 3.35. The average molecular weight is 272 g/mol. The van der Waals surface area contributed by atoms with Gasteiger partial charge in [-0.2, -0.15) is 5.10 Å². The Morgan fingerprint density at radius 1 is 1.20 bits per heavy atom. The highest BCUT2D eigenvalue weighted by Gasteiger charge is 2.25. The molecule has 0 atom stereocenters. The van der Waals surface area contributed by atoms with Gasteiger partial charge in [-0.1, -0.05) is 39.0 Å². The molecule has 1 aromatic heterocycles. The van der Waals surface area contributed by atoms with Gasteiger partial charge in [-0.3, -0.25) is 0 Å². The molecule has 2 aromatic rings. The Morgan fingerprint density at radius 3 is 2.20 bits per heavy atom. The maximum atomic E-state index is 11.2. The Bertz CT molecular complexity index is 643. The van der Waals surface area contributed by atoms with Crippen molar-refractivity contribution in [2.24, 2.45) is 0 Å². The van der Waals surface area contributed by atoms with Crippen LogP contribution < -0.4 is 0 Å². The summed E-state index contributed by atoms with van der Waals surface area (Å²) >= 11 is 0. The van der Waals surface area contributed by atoms with E-state index in [9.17, 15) is 9.90 Å². The van der Waals surface area contributed by atoms with E-state index in [1.54, 1.807) is 10.7 Å². The maximum Gasteiger partial charge on any atom is 0.356 e. The number of rotatable bonds is 2. The van der Waals surface area contributed by atoms with Crippen LogP contribution in [0.4, 0.5) is 0 Å². The van der Waals surface area contributed by atoms with Crippen molar-refractivity contribution in [1.29, 1.82) is 0 Å². The van der Waals surface area contributed by atoms with Gasteiger partial charge >= 0.3 is 5.97 Å². The minimum atomic E-state index is -1.000. The summed E-state index contributed by atoms with van der Waals surface area (Å²) < 4.78 is 1.77. The minimum absolute atomic E-state index is 0.0811. The molecule has 106 valence electrons. The van der Waals surface area contributed by atoms with E-state index in [-0.39, 0.29) is 11.1 Å². The second kappa shape index (κ2) is 4.78. The molecular formula is C16H20N2O2. The Hall–Kier alpha value is -2.10. The minimum Gasteiger partial charge on any atom is -0.476 e. The number of para-hydroxylation sites is 1. The Labute approximate surface area is 119 Å². The van der Waals surface area contributed by atoms with Crippen molar-refractivity contribution in [1.82, 2.24) is 9.78 Å². The predicted octanol–water partition coefficient (Wildman–Crippen LogP) is 3.48. The van der Waals surface area contributed by atoms with Crippen LogP contribution in [0.1, 0.15) is 48.1 Å². The highest BCUT2D eigenvalue weighted by Crippen LogP contribution is 2.28. The lowest BCUT2D eigenvalue weighted by molar-refractivity contribution is 0.0690. The first kappa shape index (κ1) is 14.3. The number of carboxylic acid groups (broad SMARTS) is 1. The second-order valence-electron chi connectivity index (χ2n) is 6.12. The van der Waals surface area contributed by atoms with E-state index in [0.29, 0.717) is 0 Å². The van der Waals surface area contributed by atoms with Crippen LogP contribution in [0.25, 0.3) is 5.69 Å². The van der Waals surface area contributed by atoms with Crippen LogP contribution >= 0.6 is 0 Å². The van der Waals surface area contributed by atoms with Gasteiger partial charge in [0.2, 0.25) is 0 Å². The lowest BCUT2D eigenvalue weighted by Gasteiger charge is -2.22. The largest absolute Gasteiger partial charge is 0.476 e. The Kier molecular flexibility index (Phi) is 3.42. The molecule has 0 saturated carbocycles. The fourth-order valence-corrected chi connectivity index (χ4v) is 2.33. The number of carboxylic acids is 1. The highest BCUT2D eigenvalue weighted by molar-refractivity contribution is 5.85. The first-order valence-corrected chi connectivity index (χ1v) is 6.62. The fraction of sp³-hybridized carbons (Fsp3) is 0.375. The summed E-state index contributed by atoms with van der Waals surface area (Å²) in [5.74, 6) is -1.000. The van der Waals surface area contributed by atoms with Crippen molar-refractivity contribution >= 4 is 5.97 Å². The topological polar surface area (TPSA) is 55.1 Å². The van der Waals surface area contributed by atoms with Crippen LogP contribution in [0, 0.1) is 13.8 Å². The summed E-state index contributed by atoms with van der Waals surface area (Å²) in [5, 5.41) is 13.5. The third-order valence-electron chi connectivity index (χ3n) is 3.35. The van der Waals surface area contributed by atoms with Crippen LogP contribution in [0.2, 0.25) is 0 Å². The van der Waals surface area contributed by atoms with Crippen LogP contribution in [-0.4, -0.2) is 20.9 Å². The molecule has 0 radical (unpaired) electrons. The van der Waals surface area contributed by atoms with Crippen molar-refractivity contribution in [3.05, 3.63) is 46.8 Å². The summed E-state index contributed by atoms with van der Waals surface area (Å²) in [4.78, 5) is 11.2. The monoisotopic (exact) mass is 272 g/mol. The van der Waals surface area contributed by atoms with Gasteiger partial charge in [0, 0.05) is 5.41 Å². The molecule has 0 unspecified atom stereocenters. The van der Waals surface area contributed by atoms with E-state index in [0.717, 1.165) is 22.5 Å². The first-order valence-electron chi connectivity index (χ1n) is 6.62. The maximum absolute atomic E-state index is 11.2. The molecule has 4 nitrogen and oxygen atoms in total. The quantitative estimate of drug-likeness (QED) is 0.910. The lowest BCUT2D eigenvalue weighted by atomic mass is 9.91. The molecule has 0 aliphatic rings. The second-order valence-corrected chi connectivity index (χ2v) is 6.12. The molecule has 0 aliphatic heterocycles. The number of carbonyl (C=O) groups is 1. The summed E-state index contributed by atoms with van der Waals surface area (Å²) in [6.45, 7) is 10.2. The van der Waals surface area contributed by atoms with E-state index in [1.807, 2.05) is 32.0 Å². The Morgan fingerprint density at radius 2 is 1.75 bits per heavy atom. The molecule has 0 bridgehead atoms. The molecule has 2 rings (SSSR count). The van der Waals surface area contributed by atoms with Crippen LogP contribution in [0.3, 0.4) is 0 Å². The van der Waals surface area contributed by atoms with Gasteiger partial charge in [-0.25, -0.2) is 9.48 Å². The smallest absolute Gasteiger partial charge is 0.356 e. The van der Waals surface area contributed by atoms with Crippen molar-refractivity contribution in [2.75, 3.05) is 0 Å². The van der Waals surface area contributed by atoms with Crippen molar-refractivity contribution < 1.29 is 9.90 Å². The van der Waals surface area contributed by atoms with Crippen LogP contribution in [0.15, 0.2) is 24.3 Å². The van der Waals surface area contributed by atoms with Crippen molar-refractivity contribution in [3.63, 3.8) is 0 Å². The molecule has 20 heavy (non-hydrogen) atoms. The van der Waals surface area contributed by atoms with Gasteiger partial charge in [-0.05, 0) is 31.0 Å².